The van der Waals surface area contributed by atoms with Crippen LogP contribution in [0.25, 0.3) is 0 Å². The van der Waals surface area contributed by atoms with Crippen LogP contribution in [-0.4, -0.2) is 52.0 Å². The Morgan fingerprint density at radius 3 is 2.87 bits per heavy atom. The van der Waals surface area contributed by atoms with Gasteiger partial charge in [0.25, 0.3) is 0 Å². The number of carbonyl (C=O) groups excluding carboxylic acids is 1. The molecule has 5 nitrogen and oxygen atoms in total. The lowest BCUT2D eigenvalue weighted by molar-refractivity contribution is -0.123. The molecule has 1 saturated heterocycles. The van der Waals surface area contributed by atoms with Crippen molar-refractivity contribution in [2.75, 3.05) is 18.6 Å². The highest BCUT2D eigenvalue weighted by Crippen LogP contribution is 2.06. The van der Waals surface area contributed by atoms with Gasteiger partial charge in [0.05, 0.1) is 12.1 Å². The summed E-state index contributed by atoms with van der Waals surface area (Å²) >= 11 is 0. The summed E-state index contributed by atoms with van der Waals surface area (Å²) in [4.78, 5) is 11.6. The first-order chi connectivity index (χ1) is 6.99. The summed E-state index contributed by atoms with van der Waals surface area (Å²) in [6, 6.07) is -0.407. The van der Waals surface area contributed by atoms with Crippen molar-refractivity contribution in [3.63, 3.8) is 0 Å². The summed E-state index contributed by atoms with van der Waals surface area (Å²) in [5, 5.41) is 14.9. The number of amides is 1. The number of aliphatic hydroxyl groups excluding tert-OH is 1. The van der Waals surface area contributed by atoms with E-state index in [4.69, 9.17) is 0 Å². The molecule has 0 aromatic carbocycles. The zero-order chi connectivity index (χ0) is 11.4. The quantitative estimate of drug-likeness (QED) is 0.558. The second-order valence-electron chi connectivity index (χ2n) is 4.00. The highest BCUT2D eigenvalue weighted by Gasteiger charge is 2.28. The molecule has 0 radical (unpaired) electrons. The summed E-state index contributed by atoms with van der Waals surface area (Å²) in [6.07, 6.45) is 1.63. The summed E-state index contributed by atoms with van der Waals surface area (Å²) in [6.45, 7) is 2.29. The molecular weight excluding hydrogens is 216 g/mol. The predicted molar refractivity (Wildman–Crippen MR) is 59.0 cm³/mol. The molecule has 1 heterocycles. The number of nitrogens with one attached hydrogen (secondary N) is 2. The number of aliphatic hydroxyl groups is 1. The molecule has 1 rings (SSSR count). The van der Waals surface area contributed by atoms with Crippen LogP contribution in [0.1, 0.15) is 13.3 Å². The Hall–Kier alpha value is -0.460. The van der Waals surface area contributed by atoms with Crippen LogP contribution in [-0.2, 0) is 15.6 Å². The highest BCUT2D eigenvalue weighted by atomic mass is 32.2. The first-order valence-electron chi connectivity index (χ1n) is 5.01. The van der Waals surface area contributed by atoms with Gasteiger partial charge in [-0.25, -0.2) is 0 Å². The molecule has 0 spiro atoms. The van der Waals surface area contributed by atoms with Gasteiger partial charge >= 0.3 is 0 Å². The largest absolute Gasteiger partial charge is 0.392 e. The van der Waals surface area contributed by atoms with Gasteiger partial charge in [-0.15, -0.1) is 0 Å². The fourth-order valence-electron chi connectivity index (χ4n) is 1.65. The minimum Gasteiger partial charge on any atom is -0.392 e. The van der Waals surface area contributed by atoms with Crippen molar-refractivity contribution < 1.29 is 14.1 Å². The fourth-order valence-corrected chi connectivity index (χ4v) is 2.44. The van der Waals surface area contributed by atoms with Crippen molar-refractivity contribution in [2.45, 2.75) is 31.5 Å². The third-order valence-corrected chi connectivity index (χ3v) is 3.27. The molecule has 4 atom stereocenters. The van der Waals surface area contributed by atoms with Gasteiger partial charge < -0.3 is 15.7 Å². The molecule has 0 aliphatic carbocycles. The predicted octanol–water partition coefficient (Wildman–Crippen LogP) is -1.41. The number of hydrogen-bond acceptors (Lipinski definition) is 4. The molecule has 88 valence electrons. The Bertz CT molecular complexity index is 260. The first-order valence-corrected chi connectivity index (χ1v) is 6.73. The van der Waals surface area contributed by atoms with E-state index in [-0.39, 0.29) is 18.0 Å². The Balaban J connectivity index is 2.32. The second kappa shape index (κ2) is 5.58. The number of carbonyl (C=O) groups is 1. The monoisotopic (exact) mass is 234 g/mol. The summed E-state index contributed by atoms with van der Waals surface area (Å²) < 4.78 is 10.9. The lowest BCUT2D eigenvalue weighted by Gasteiger charge is -2.16. The molecule has 1 aliphatic rings. The van der Waals surface area contributed by atoms with Gasteiger partial charge in [0.2, 0.25) is 5.91 Å². The molecule has 1 fully saturated rings. The van der Waals surface area contributed by atoms with Crippen molar-refractivity contribution in [3.05, 3.63) is 0 Å². The zero-order valence-corrected chi connectivity index (χ0v) is 9.84. The van der Waals surface area contributed by atoms with Crippen LogP contribution in [0, 0.1) is 0 Å². The average Bonchev–Trinajstić information content (AvgIpc) is 2.49. The van der Waals surface area contributed by atoms with Gasteiger partial charge in [0, 0.05) is 35.4 Å². The van der Waals surface area contributed by atoms with E-state index in [1.807, 2.05) is 6.92 Å². The Labute approximate surface area is 92.1 Å². The summed E-state index contributed by atoms with van der Waals surface area (Å²) in [5.41, 5.74) is 0. The van der Waals surface area contributed by atoms with Crippen LogP contribution in [0.5, 0.6) is 0 Å². The minimum absolute atomic E-state index is 0.0946. The normalized spacial score (nSPS) is 29.8. The van der Waals surface area contributed by atoms with Gasteiger partial charge in [-0.1, -0.05) is 0 Å². The Morgan fingerprint density at radius 1 is 1.73 bits per heavy atom. The second-order valence-corrected chi connectivity index (χ2v) is 5.48. The topological polar surface area (TPSA) is 78.4 Å². The Morgan fingerprint density at radius 2 is 2.40 bits per heavy atom. The van der Waals surface area contributed by atoms with E-state index in [0.717, 1.165) is 0 Å². The van der Waals surface area contributed by atoms with E-state index in [2.05, 4.69) is 10.6 Å². The van der Waals surface area contributed by atoms with Crippen LogP contribution in [0.3, 0.4) is 0 Å². The van der Waals surface area contributed by atoms with E-state index in [0.29, 0.717) is 18.7 Å². The smallest absolute Gasteiger partial charge is 0.237 e. The number of rotatable bonds is 4. The van der Waals surface area contributed by atoms with Crippen molar-refractivity contribution in [1.29, 1.82) is 0 Å². The van der Waals surface area contributed by atoms with Crippen LogP contribution in [0.15, 0.2) is 0 Å². The molecule has 0 aromatic rings. The summed E-state index contributed by atoms with van der Waals surface area (Å²) in [5.74, 6) is 0.339. The number of β-amino-alcohol motifs (C(OH)–C–C–N with tert-alkyl or cyclic N) is 1. The summed E-state index contributed by atoms with van der Waals surface area (Å²) in [7, 11) is -0.905. The van der Waals surface area contributed by atoms with Gasteiger partial charge in [-0.2, -0.15) is 0 Å². The standard InChI is InChI=1S/C9H18N2O3S/c1-6(5-15(2)14)11-9(13)8-3-7(12)4-10-8/h6-8,10,12H,3-5H2,1-2H3,(H,11,13). The molecule has 1 amide bonds. The van der Waals surface area contributed by atoms with Gasteiger partial charge in [-0.3, -0.25) is 9.00 Å². The molecule has 3 N–H and O–H groups in total. The molecule has 1 aliphatic heterocycles. The number of hydrogen-bond donors (Lipinski definition) is 3. The van der Waals surface area contributed by atoms with Crippen LogP contribution >= 0.6 is 0 Å². The third kappa shape index (κ3) is 4.27. The van der Waals surface area contributed by atoms with Crippen molar-refractivity contribution in [1.82, 2.24) is 10.6 Å². The SMILES string of the molecule is CC(CS(C)=O)NC(=O)C1CC(O)CN1. The van der Waals surface area contributed by atoms with E-state index in [1.165, 1.54) is 0 Å². The third-order valence-electron chi connectivity index (χ3n) is 2.30. The molecule has 0 bridgehead atoms. The lowest BCUT2D eigenvalue weighted by Crippen LogP contribution is -2.45. The van der Waals surface area contributed by atoms with E-state index in [1.54, 1.807) is 6.26 Å². The molecule has 0 aromatic heterocycles. The van der Waals surface area contributed by atoms with Crippen LogP contribution < -0.4 is 10.6 Å². The van der Waals surface area contributed by atoms with Gasteiger partial charge in [-0.05, 0) is 13.3 Å². The highest BCUT2D eigenvalue weighted by molar-refractivity contribution is 7.84. The molecule has 4 unspecified atom stereocenters. The molecular formula is C9H18N2O3S. The van der Waals surface area contributed by atoms with Crippen LogP contribution in [0.2, 0.25) is 0 Å². The average molecular weight is 234 g/mol. The van der Waals surface area contributed by atoms with Crippen molar-refractivity contribution in [2.24, 2.45) is 0 Å². The molecule has 0 saturated carbocycles. The van der Waals surface area contributed by atoms with E-state index >= 15 is 0 Å². The maximum Gasteiger partial charge on any atom is 0.237 e. The van der Waals surface area contributed by atoms with Gasteiger partial charge in [0.15, 0.2) is 0 Å². The Kier molecular flexibility index (Phi) is 4.69. The van der Waals surface area contributed by atoms with Gasteiger partial charge in [0.1, 0.15) is 0 Å². The minimum atomic E-state index is -0.905. The molecule has 15 heavy (non-hydrogen) atoms. The zero-order valence-electron chi connectivity index (χ0n) is 9.03. The van der Waals surface area contributed by atoms with E-state index in [9.17, 15) is 14.1 Å². The maximum absolute atomic E-state index is 11.6. The van der Waals surface area contributed by atoms with Crippen molar-refractivity contribution >= 4 is 16.7 Å². The van der Waals surface area contributed by atoms with Crippen LogP contribution in [0.4, 0.5) is 0 Å². The lowest BCUT2D eigenvalue weighted by atomic mass is 10.2. The first kappa shape index (κ1) is 12.6. The molecule has 6 heteroatoms. The van der Waals surface area contributed by atoms with Crippen molar-refractivity contribution in [3.8, 4) is 0 Å². The van der Waals surface area contributed by atoms with E-state index < -0.39 is 16.9 Å². The maximum atomic E-state index is 11.6. The fraction of sp³-hybridized carbons (Fsp3) is 0.889.